The lowest BCUT2D eigenvalue weighted by molar-refractivity contribution is 0.174. The van der Waals surface area contributed by atoms with Crippen LogP contribution in [0, 0.1) is 5.41 Å². The molecule has 0 spiro atoms. The lowest BCUT2D eigenvalue weighted by Gasteiger charge is -2.25. The Morgan fingerprint density at radius 1 is 1.13 bits per heavy atom. The van der Waals surface area contributed by atoms with E-state index in [2.05, 4.69) is 27.3 Å². The molecule has 5 heteroatoms. The van der Waals surface area contributed by atoms with Crippen molar-refractivity contribution in [3.05, 3.63) is 0 Å². The predicted molar refractivity (Wildman–Crippen MR) is 63.0 cm³/mol. The monoisotopic (exact) mass is 233 g/mol. The molecule has 0 saturated heterocycles. The minimum atomic E-state index is -1.77. The number of carbonyl (C=O) groups excluding carboxylic acids is 1. The largest absolute Gasteiger partial charge is 0.394 e. The molecule has 0 saturated carbocycles. The van der Waals surface area contributed by atoms with E-state index in [1.54, 1.807) is 0 Å². The molecular formula is C10H23NO3Si. The van der Waals surface area contributed by atoms with Crippen molar-refractivity contribution in [2.24, 2.45) is 0 Å². The molecule has 0 aliphatic rings. The topological polar surface area (TPSA) is 59.4 Å². The van der Waals surface area contributed by atoms with Crippen LogP contribution in [0.15, 0.2) is 0 Å². The molecular weight excluding hydrogens is 210 g/mol. The van der Waals surface area contributed by atoms with Crippen LogP contribution in [0.4, 0.5) is 0 Å². The van der Waals surface area contributed by atoms with Crippen molar-refractivity contribution in [3.8, 4) is 0 Å². The molecule has 0 aromatic heterocycles. The van der Waals surface area contributed by atoms with Gasteiger partial charge in [0.05, 0.1) is 0 Å². The highest BCUT2D eigenvalue weighted by atomic mass is 28.4. The van der Waals surface area contributed by atoms with E-state index in [-0.39, 0.29) is 0 Å². The summed E-state index contributed by atoms with van der Waals surface area (Å²) in [6.45, 7) is 10.3. The summed E-state index contributed by atoms with van der Waals surface area (Å²) in [5.41, 5.74) is 0. The van der Waals surface area contributed by atoms with E-state index in [1.165, 1.54) is 0 Å². The minimum absolute atomic E-state index is 0.750. The summed E-state index contributed by atoms with van der Waals surface area (Å²) in [7, 11) is -1.77. The van der Waals surface area contributed by atoms with Crippen molar-refractivity contribution in [2.75, 3.05) is 13.2 Å². The Bertz CT molecular complexity index is 162. The van der Waals surface area contributed by atoms with E-state index in [0.717, 1.165) is 38.2 Å². The lowest BCUT2D eigenvalue weighted by atomic mass is 10.5. The number of rotatable bonds is 7. The van der Waals surface area contributed by atoms with Crippen LogP contribution in [-0.4, -0.2) is 27.9 Å². The fourth-order valence-electron chi connectivity index (χ4n) is 0.882. The molecule has 0 heterocycles. The maximum absolute atomic E-state index is 8.35. The first-order valence-electron chi connectivity index (χ1n) is 5.41. The summed E-state index contributed by atoms with van der Waals surface area (Å²) < 4.78 is 11.5. The van der Waals surface area contributed by atoms with Crippen molar-refractivity contribution in [2.45, 2.75) is 46.2 Å². The van der Waals surface area contributed by atoms with Crippen molar-refractivity contribution in [1.82, 2.24) is 0 Å². The highest BCUT2D eigenvalue weighted by molar-refractivity contribution is 6.65. The third-order valence-electron chi connectivity index (χ3n) is 1.87. The molecule has 0 fully saturated rings. The molecule has 0 bridgehead atoms. The molecule has 0 rings (SSSR count). The van der Waals surface area contributed by atoms with E-state index >= 15 is 0 Å². The van der Waals surface area contributed by atoms with E-state index in [4.69, 9.17) is 19.1 Å². The Morgan fingerprint density at radius 2 is 1.47 bits per heavy atom. The summed E-state index contributed by atoms with van der Waals surface area (Å²) in [5.74, 6) is 0. The number of isocyanates is 1. The fraction of sp³-hybridized carbons (Fsp3) is 0.900. The molecule has 15 heavy (non-hydrogen) atoms. The van der Waals surface area contributed by atoms with Crippen LogP contribution in [0.25, 0.3) is 0 Å². The number of hydrogen-bond acceptors (Lipinski definition) is 4. The second-order valence-corrected chi connectivity index (χ2v) is 6.84. The van der Waals surface area contributed by atoms with Gasteiger partial charge in [-0.25, -0.2) is 10.2 Å². The summed E-state index contributed by atoms with van der Waals surface area (Å²) in [4.78, 5) is 8.35. The van der Waals surface area contributed by atoms with Gasteiger partial charge in [0.15, 0.2) is 0 Å². The Balaban J connectivity index is 0. The molecule has 1 N–H and O–H groups in total. The van der Waals surface area contributed by atoms with Crippen molar-refractivity contribution < 1.29 is 13.6 Å². The van der Waals surface area contributed by atoms with Crippen LogP contribution in [0.2, 0.25) is 12.6 Å². The quantitative estimate of drug-likeness (QED) is 0.418. The second-order valence-electron chi connectivity index (χ2n) is 3.29. The first-order chi connectivity index (χ1) is 7.10. The smallest absolute Gasteiger partial charge is 0.334 e. The summed E-state index contributed by atoms with van der Waals surface area (Å²) in [6.07, 6.45) is 2.91. The summed E-state index contributed by atoms with van der Waals surface area (Å²) in [6, 6.07) is 1.05. The van der Waals surface area contributed by atoms with Crippen LogP contribution < -0.4 is 0 Å². The van der Waals surface area contributed by atoms with Crippen molar-refractivity contribution in [1.29, 1.82) is 5.41 Å². The van der Waals surface area contributed by atoms with Gasteiger partial charge in [-0.1, -0.05) is 20.8 Å². The Kier molecular flexibility index (Phi) is 13.1. The van der Waals surface area contributed by atoms with Crippen molar-refractivity contribution in [3.63, 3.8) is 0 Å². The van der Waals surface area contributed by atoms with Gasteiger partial charge in [0.1, 0.15) is 0 Å². The third kappa shape index (κ3) is 11.4. The first-order valence-corrected chi connectivity index (χ1v) is 7.94. The van der Waals surface area contributed by atoms with Crippen LogP contribution in [0.3, 0.4) is 0 Å². The van der Waals surface area contributed by atoms with Gasteiger partial charge >= 0.3 is 8.56 Å². The van der Waals surface area contributed by atoms with Gasteiger partial charge in [-0.05, 0) is 25.4 Å². The van der Waals surface area contributed by atoms with E-state index in [9.17, 15) is 0 Å². The zero-order chi connectivity index (χ0) is 12.2. The predicted octanol–water partition coefficient (Wildman–Crippen LogP) is 2.83. The molecule has 0 aromatic rings. The van der Waals surface area contributed by atoms with Crippen molar-refractivity contribution >= 4 is 14.6 Å². The lowest BCUT2D eigenvalue weighted by Crippen LogP contribution is -2.38. The molecule has 0 amide bonds. The Hall–Kier alpha value is -0.483. The average molecular weight is 233 g/mol. The van der Waals surface area contributed by atoms with E-state index in [1.807, 2.05) is 0 Å². The van der Waals surface area contributed by atoms with Crippen LogP contribution in [0.1, 0.15) is 33.6 Å². The molecule has 0 aromatic carbocycles. The molecule has 0 radical (unpaired) electrons. The SMILES string of the molecule is CCCO[Si](C)(CC)OCCC.N=C=O. The molecule has 0 aliphatic heterocycles. The number of nitrogens with one attached hydrogen (secondary N) is 1. The normalized spacial score (nSPS) is 10.1. The molecule has 4 nitrogen and oxygen atoms in total. The van der Waals surface area contributed by atoms with E-state index in [0.29, 0.717) is 0 Å². The molecule has 90 valence electrons. The second kappa shape index (κ2) is 11.6. The van der Waals surface area contributed by atoms with Crippen LogP contribution >= 0.6 is 0 Å². The maximum Gasteiger partial charge on any atom is 0.334 e. The number of hydrogen-bond donors (Lipinski definition) is 1. The maximum atomic E-state index is 8.35. The summed E-state index contributed by atoms with van der Waals surface area (Å²) >= 11 is 0. The van der Waals surface area contributed by atoms with E-state index < -0.39 is 8.56 Å². The van der Waals surface area contributed by atoms with Gasteiger partial charge in [-0.3, -0.25) is 0 Å². The van der Waals surface area contributed by atoms with Crippen LogP contribution in [0.5, 0.6) is 0 Å². The van der Waals surface area contributed by atoms with Gasteiger partial charge in [-0.2, -0.15) is 0 Å². The Labute approximate surface area is 93.7 Å². The Morgan fingerprint density at radius 3 is 1.67 bits per heavy atom. The fourth-order valence-corrected chi connectivity index (χ4v) is 2.65. The highest BCUT2D eigenvalue weighted by Gasteiger charge is 2.28. The molecule has 0 unspecified atom stereocenters. The minimum Gasteiger partial charge on any atom is -0.394 e. The van der Waals surface area contributed by atoms with Gasteiger partial charge in [0.2, 0.25) is 6.08 Å². The standard InChI is InChI=1S/C9H22O2Si.CHNO/c1-5-8-10-12(4,7-3)11-9-6-2;2-1-3/h5-9H2,1-4H3;2H. The first kappa shape index (κ1) is 16.9. The molecule has 0 atom stereocenters. The summed E-state index contributed by atoms with van der Waals surface area (Å²) in [5, 5.41) is 5.40. The highest BCUT2D eigenvalue weighted by Crippen LogP contribution is 2.13. The zero-order valence-electron chi connectivity index (χ0n) is 10.3. The van der Waals surface area contributed by atoms with Gasteiger partial charge in [0.25, 0.3) is 0 Å². The third-order valence-corrected chi connectivity index (χ3v) is 4.78. The zero-order valence-corrected chi connectivity index (χ0v) is 11.3. The van der Waals surface area contributed by atoms with Gasteiger partial charge < -0.3 is 8.85 Å². The average Bonchev–Trinajstić information content (AvgIpc) is 2.25. The molecule has 0 aliphatic carbocycles. The van der Waals surface area contributed by atoms with Crippen LogP contribution in [-0.2, 0) is 13.6 Å². The van der Waals surface area contributed by atoms with Gasteiger partial charge in [-0.15, -0.1) is 0 Å². The van der Waals surface area contributed by atoms with Gasteiger partial charge in [0, 0.05) is 13.2 Å².